The average molecular weight is 966 g/mol. The third-order valence-electron chi connectivity index (χ3n) is 10.2. The highest BCUT2D eigenvalue weighted by Gasteiger charge is 2.35. The summed E-state index contributed by atoms with van der Waals surface area (Å²) in [4.78, 5) is 124. The standard InChI is InChI=1S/C42H71N13O13/c1-21(43)34(60)53-33(24(4)57)40(66)51-27(10-7-8-19-55(5)6)36(62)50-29(16-17-31(44)59)38(64)54-32(23(3)56)39(65)48-22(2)35(61)49-28(11-9-18-47-42(45)46)37(63)52-30(41(67)68)20-25-12-14-26(58)15-13-25/h12-15,21-24,27-30,32-33,56-58H,7-11,16-20,43H2,1-6H3,(H2,44,59)(H,48,65)(H,49,61)(H,50,62)(H,51,66)(H,52,63)(H,53,60)(H,54,64)(H,67,68)(H4,45,46,47)/t21-,22-,23+,24+,27-,28-,29-,30-,32-,33-/m0/s1. The number of carboxylic acids is 1. The SMILES string of the molecule is C[C@H](N)C(=O)N[C@H](C(=O)N[C@@H](CCCCN(C)C)C(=O)N[C@@H](CCC(N)=O)C(=O)N[C@H](C(=O)N[C@@H](C)C(=O)N[C@@H](CCCN=C(N)N)C(=O)N[C@@H](Cc1ccc(O)cc1)C(=O)O)[C@@H](C)O)[C@@H](C)O. The van der Waals surface area contributed by atoms with Crippen molar-refractivity contribution in [3.05, 3.63) is 29.8 Å². The average Bonchev–Trinajstić information content (AvgIpc) is 3.24. The number of aliphatic carboxylic acids is 1. The minimum atomic E-state index is -1.79. The monoisotopic (exact) mass is 966 g/mol. The number of hydrogen-bond donors (Lipinski definition) is 15. The number of guanidine groups is 1. The van der Waals surface area contributed by atoms with Gasteiger partial charge in [0.15, 0.2) is 5.96 Å². The van der Waals surface area contributed by atoms with Crippen molar-refractivity contribution in [2.24, 2.45) is 27.9 Å². The Labute approximate surface area is 394 Å². The molecular formula is C42H71N13O13. The molecule has 10 atom stereocenters. The van der Waals surface area contributed by atoms with Gasteiger partial charge in [-0.15, -0.1) is 0 Å². The smallest absolute Gasteiger partial charge is 0.326 e. The number of carboxylic acid groups (broad SMARTS) is 1. The van der Waals surface area contributed by atoms with Gasteiger partial charge in [0.05, 0.1) is 18.2 Å². The number of carbonyl (C=O) groups is 9. The normalized spacial score (nSPS) is 15.5. The van der Waals surface area contributed by atoms with Gasteiger partial charge in [0.2, 0.25) is 47.3 Å². The van der Waals surface area contributed by atoms with Crippen molar-refractivity contribution in [1.82, 2.24) is 42.1 Å². The molecule has 0 aromatic heterocycles. The largest absolute Gasteiger partial charge is 0.508 e. The highest BCUT2D eigenvalue weighted by molar-refractivity contribution is 5.98. The number of aliphatic imine (C=N–C) groups is 1. The molecule has 0 saturated heterocycles. The van der Waals surface area contributed by atoms with Crippen molar-refractivity contribution in [1.29, 1.82) is 0 Å². The zero-order chi connectivity index (χ0) is 51.8. The van der Waals surface area contributed by atoms with Crippen molar-refractivity contribution in [2.45, 2.75) is 140 Å². The van der Waals surface area contributed by atoms with E-state index in [0.717, 1.165) is 6.92 Å². The minimum Gasteiger partial charge on any atom is -0.508 e. The molecule has 0 aliphatic heterocycles. The lowest BCUT2D eigenvalue weighted by Crippen LogP contribution is -2.62. The second kappa shape index (κ2) is 29.9. The second-order valence-corrected chi connectivity index (χ2v) is 16.7. The number of primary amides is 1. The number of phenols is 1. The molecule has 1 aromatic carbocycles. The van der Waals surface area contributed by atoms with Crippen LogP contribution in [-0.2, 0) is 49.6 Å². The molecule has 0 radical (unpaired) electrons. The van der Waals surface area contributed by atoms with Gasteiger partial charge in [-0.05, 0) is 105 Å². The summed E-state index contributed by atoms with van der Waals surface area (Å²) in [5, 5.41) is 57.2. The first-order chi connectivity index (χ1) is 31.7. The summed E-state index contributed by atoms with van der Waals surface area (Å²) < 4.78 is 0. The first-order valence-corrected chi connectivity index (χ1v) is 22.0. The van der Waals surface area contributed by atoms with Gasteiger partial charge in [0, 0.05) is 19.4 Å². The van der Waals surface area contributed by atoms with E-state index in [1.807, 2.05) is 19.0 Å². The first kappa shape index (κ1) is 59.4. The van der Waals surface area contributed by atoms with Crippen LogP contribution in [0.15, 0.2) is 29.3 Å². The maximum absolute atomic E-state index is 13.8. The van der Waals surface area contributed by atoms with Gasteiger partial charge in [-0.25, -0.2) is 4.79 Å². The van der Waals surface area contributed by atoms with Crippen LogP contribution < -0.4 is 60.2 Å². The number of unbranched alkanes of at least 4 members (excludes halogenated alkanes) is 1. The predicted octanol–water partition coefficient (Wildman–Crippen LogP) is -5.41. The van der Waals surface area contributed by atoms with E-state index in [9.17, 15) is 63.6 Å². The third-order valence-corrected chi connectivity index (χ3v) is 10.2. The van der Waals surface area contributed by atoms with Gasteiger partial charge in [-0.1, -0.05) is 12.1 Å². The first-order valence-electron chi connectivity index (χ1n) is 22.0. The molecule has 0 spiro atoms. The van der Waals surface area contributed by atoms with Crippen LogP contribution in [0.3, 0.4) is 0 Å². The number of nitrogens with zero attached hydrogens (tertiary/aromatic N) is 2. The second-order valence-electron chi connectivity index (χ2n) is 16.7. The number of carbonyl (C=O) groups excluding carboxylic acids is 8. The Kier molecular flexibility index (Phi) is 26.1. The number of aliphatic hydroxyl groups excluding tert-OH is 2. The lowest BCUT2D eigenvalue weighted by atomic mass is 10.0. The molecule has 1 rings (SSSR count). The molecular weight excluding hydrogens is 895 g/mol. The number of amides is 8. The lowest BCUT2D eigenvalue weighted by Gasteiger charge is -2.28. The zero-order valence-electron chi connectivity index (χ0n) is 39.3. The molecule has 0 aliphatic rings. The number of benzene rings is 1. The zero-order valence-corrected chi connectivity index (χ0v) is 39.3. The van der Waals surface area contributed by atoms with Gasteiger partial charge in [-0.2, -0.15) is 0 Å². The van der Waals surface area contributed by atoms with E-state index >= 15 is 0 Å². The highest BCUT2D eigenvalue weighted by Crippen LogP contribution is 2.13. The van der Waals surface area contributed by atoms with E-state index in [2.05, 4.69) is 42.2 Å². The lowest BCUT2D eigenvalue weighted by molar-refractivity contribution is -0.142. The van der Waals surface area contributed by atoms with Crippen LogP contribution in [0.2, 0.25) is 0 Å². The topological polar surface area (TPSA) is 438 Å². The van der Waals surface area contributed by atoms with E-state index in [0.29, 0.717) is 24.9 Å². The van der Waals surface area contributed by atoms with E-state index < -0.39 is 127 Å². The quantitative estimate of drug-likeness (QED) is 0.0188. The summed E-state index contributed by atoms with van der Waals surface area (Å²) in [7, 11) is 3.67. The summed E-state index contributed by atoms with van der Waals surface area (Å²) in [6.45, 7) is 5.61. The van der Waals surface area contributed by atoms with Gasteiger partial charge in [0.25, 0.3) is 0 Å². The van der Waals surface area contributed by atoms with Crippen LogP contribution in [0.4, 0.5) is 0 Å². The minimum absolute atomic E-state index is 0.0146. The fourth-order valence-corrected chi connectivity index (χ4v) is 6.26. The number of rotatable bonds is 31. The van der Waals surface area contributed by atoms with Crippen LogP contribution >= 0.6 is 0 Å². The fourth-order valence-electron chi connectivity index (χ4n) is 6.26. The summed E-state index contributed by atoms with van der Waals surface area (Å²) in [5.41, 5.74) is 22.2. The van der Waals surface area contributed by atoms with Crippen molar-refractivity contribution in [2.75, 3.05) is 27.2 Å². The van der Waals surface area contributed by atoms with E-state index in [1.54, 1.807) is 0 Å². The van der Waals surface area contributed by atoms with Crippen LogP contribution in [0, 0.1) is 0 Å². The molecule has 26 nitrogen and oxygen atoms in total. The van der Waals surface area contributed by atoms with E-state index in [1.165, 1.54) is 45.0 Å². The summed E-state index contributed by atoms with van der Waals surface area (Å²) >= 11 is 0. The number of aliphatic hydroxyl groups is 2. The van der Waals surface area contributed by atoms with Crippen molar-refractivity contribution < 1.29 is 63.6 Å². The van der Waals surface area contributed by atoms with E-state index in [4.69, 9.17) is 22.9 Å². The Morgan fingerprint density at radius 2 is 1.06 bits per heavy atom. The number of hydrogen-bond acceptors (Lipinski definition) is 15. The van der Waals surface area contributed by atoms with E-state index in [-0.39, 0.29) is 43.9 Å². The molecule has 0 aliphatic carbocycles. The van der Waals surface area contributed by atoms with Gasteiger partial charge >= 0.3 is 5.97 Å². The number of aromatic hydroxyl groups is 1. The summed E-state index contributed by atoms with van der Waals surface area (Å²) in [5.74, 6) is -9.22. The Hall–Kier alpha value is -6.64. The maximum Gasteiger partial charge on any atom is 0.326 e. The molecule has 26 heteroatoms. The number of nitrogens with two attached hydrogens (primary N) is 4. The maximum atomic E-state index is 13.8. The molecule has 19 N–H and O–H groups in total. The Morgan fingerprint density at radius 1 is 0.603 bits per heavy atom. The van der Waals surface area contributed by atoms with Crippen LogP contribution in [0.1, 0.15) is 78.2 Å². The van der Waals surface area contributed by atoms with Gasteiger partial charge < -0.3 is 85.5 Å². The van der Waals surface area contributed by atoms with Crippen molar-refractivity contribution in [3.63, 3.8) is 0 Å². The van der Waals surface area contributed by atoms with Crippen LogP contribution in [-0.4, -0.2) is 172 Å². The molecule has 382 valence electrons. The van der Waals surface area contributed by atoms with Crippen molar-refractivity contribution in [3.8, 4) is 5.75 Å². The molecule has 0 fully saturated rings. The predicted molar refractivity (Wildman–Crippen MR) is 246 cm³/mol. The molecule has 0 saturated carbocycles. The molecule has 1 aromatic rings. The van der Waals surface area contributed by atoms with Crippen molar-refractivity contribution >= 4 is 59.2 Å². The van der Waals surface area contributed by atoms with Gasteiger partial charge in [0.1, 0.15) is 48.0 Å². The molecule has 0 heterocycles. The molecule has 0 unspecified atom stereocenters. The van der Waals surface area contributed by atoms with Crippen LogP contribution in [0.25, 0.3) is 0 Å². The molecule has 68 heavy (non-hydrogen) atoms. The Balaban J connectivity index is 3.31. The molecule has 8 amide bonds. The van der Waals surface area contributed by atoms with Gasteiger partial charge in [-0.3, -0.25) is 43.3 Å². The highest BCUT2D eigenvalue weighted by atomic mass is 16.4. The third kappa shape index (κ3) is 22.7. The number of nitrogens with one attached hydrogen (secondary N) is 7. The van der Waals surface area contributed by atoms with Crippen LogP contribution in [0.5, 0.6) is 5.75 Å². The Morgan fingerprint density at radius 3 is 1.54 bits per heavy atom. The molecule has 0 bridgehead atoms. The fraction of sp³-hybridized carbons (Fsp3) is 0.619. The summed E-state index contributed by atoms with van der Waals surface area (Å²) in [6, 6.07) is -6.00. The number of phenolic OH excluding ortho intramolecular Hbond substituents is 1. The summed E-state index contributed by atoms with van der Waals surface area (Å²) in [6.07, 6.45) is -3.10. The Bertz CT molecular complexity index is 1890.